The van der Waals surface area contributed by atoms with Gasteiger partial charge in [-0.15, -0.1) is 0 Å². The molecule has 0 radical (unpaired) electrons. The van der Waals surface area contributed by atoms with E-state index in [0.717, 1.165) is 48.9 Å². The fourth-order valence-electron chi connectivity index (χ4n) is 4.30. The second kappa shape index (κ2) is 12.3. The van der Waals surface area contributed by atoms with Crippen LogP contribution in [0.5, 0.6) is 0 Å². The normalized spacial score (nSPS) is 10.8. The van der Waals surface area contributed by atoms with Gasteiger partial charge in [0, 0.05) is 41.6 Å². The number of hydrogen-bond donors (Lipinski definition) is 0. The Labute approximate surface area is 213 Å². The van der Waals surface area contributed by atoms with Crippen molar-refractivity contribution in [3.63, 3.8) is 0 Å². The van der Waals surface area contributed by atoms with Crippen molar-refractivity contribution in [2.45, 2.75) is 32.6 Å². The van der Waals surface area contributed by atoms with E-state index >= 15 is 0 Å². The van der Waals surface area contributed by atoms with Gasteiger partial charge in [-0.25, -0.2) is 0 Å². The van der Waals surface area contributed by atoms with E-state index in [0.29, 0.717) is 17.1 Å². The van der Waals surface area contributed by atoms with Crippen LogP contribution in [-0.4, -0.2) is 28.9 Å². The van der Waals surface area contributed by atoms with Gasteiger partial charge in [0.15, 0.2) is 0 Å². The SMILES string of the molecule is CCN(CCCCCc1ccncc1)C(=O)c1ccc(Cl)c(-c2ccc(-c3ccccc3)cc2)c1. The molecule has 4 aromatic rings. The van der Waals surface area contributed by atoms with Crippen LogP contribution < -0.4 is 0 Å². The molecule has 1 amide bonds. The van der Waals surface area contributed by atoms with Crippen molar-refractivity contribution in [3.8, 4) is 22.3 Å². The van der Waals surface area contributed by atoms with Gasteiger partial charge in [-0.3, -0.25) is 9.78 Å². The van der Waals surface area contributed by atoms with Crippen LogP contribution >= 0.6 is 11.6 Å². The van der Waals surface area contributed by atoms with E-state index in [1.165, 1.54) is 11.1 Å². The molecule has 3 aromatic carbocycles. The maximum atomic E-state index is 13.3. The lowest BCUT2D eigenvalue weighted by Crippen LogP contribution is -2.31. The highest BCUT2D eigenvalue weighted by molar-refractivity contribution is 6.33. The number of unbranched alkanes of at least 4 members (excludes halogenated alkanes) is 2. The van der Waals surface area contributed by atoms with Gasteiger partial charge in [0.25, 0.3) is 5.91 Å². The smallest absolute Gasteiger partial charge is 0.253 e. The number of aromatic nitrogens is 1. The molecule has 0 bridgehead atoms. The first-order valence-electron chi connectivity index (χ1n) is 12.3. The molecule has 0 N–H and O–H groups in total. The molecule has 1 heterocycles. The fourth-order valence-corrected chi connectivity index (χ4v) is 4.52. The molecule has 0 aliphatic rings. The van der Waals surface area contributed by atoms with Crippen LogP contribution in [0.3, 0.4) is 0 Å². The maximum Gasteiger partial charge on any atom is 0.253 e. The van der Waals surface area contributed by atoms with Crippen LogP contribution in [0.15, 0.2) is 97.3 Å². The highest BCUT2D eigenvalue weighted by Crippen LogP contribution is 2.31. The van der Waals surface area contributed by atoms with Gasteiger partial charge in [0.2, 0.25) is 0 Å². The second-order valence-corrected chi connectivity index (χ2v) is 9.10. The molecule has 0 saturated heterocycles. The summed E-state index contributed by atoms with van der Waals surface area (Å²) >= 11 is 6.55. The van der Waals surface area contributed by atoms with Crippen molar-refractivity contribution in [2.24, 2.45) is 0 Å². The van der Waals surface area contributed by atoms with E-state index in [1.807, 2.05) is 60.6 Å². The average Bonchev–Trinajstić information content (AvgIpc) is 2.92. The summed E-state index contributed by atoms with van der Waals surface area (Å²) in [7, 11) is 0. The van der Waals surface area contributed by atoms with Gasteiger partial charge in [-0.05, 0) is 78.8 Å². The molecule has 4 rings (SSSR count). The first kappa shape index (κ1) is 24.7. The standard InChI is InChI=1S/C31H31ClN2O/c1-2-34(22-8-4-5-9-24-18-20-33-21-19-24)31(35)28-16-17-30(32)29(23-28)27-14-12-26(13-15-27)25-10-6-3-7-11-25/h3,6-7,10-21,23H,2,4-5,8-9,22H2,1H3. The summed E-state index contributed by atoms with van der Waals surface area (Å²) in [5, 5.41) is 0.646. The van der Waals surface area contributed by atoms with Crippen molar-refractivity contribution in [2.75, 3.05) is 13.1 Å². The fraction of sp³-hybridized carbons (Fsp3) is 0.226. The highest BCUT2D eigenvalue weighted by atomic mass is 35.5. The second-order valence-electron chi connectivity index (χ2n) is 8.69. The number of pyridine rings is 1. The van der Waals surface area contributed by atoms with E-state index in [1.54, 1.807) is 0 Å². The minimum atomic E-state index is 0.0560. The van der Waals surface area contributed by atoms with E-state index in [-0.39, 0.29) is 5.91 Å². The summed E-state index contributed by atoms with van der Waals surface area (Å²) < 4.78 is 0. The Kier molecular flexibility index (Phi) is 8.69. The van der Waals surface area contributed by atoms with E-state index < -0.39 is 0 Å². The van der Waals surface area contributed by atoms with Crippen LogP contribution in [0, 0.1) is 0 Å². The van der Waals surface area contributed by atoms with Crippen molar-refractivity contribution in [1.29, 1.82) is 0 Å². The average molecular weight is 483 g/mol. The number of carbonyl (C=O) groups is 1. The van der Waals surface area contributed by atoms with E-state index in [4.69, 9.17) is 11.6 Å². The van der Waals surface area contributed by atoms with Gasteiger partial charge in [-0.1, -0.05) is 72.6 Å². The number of carbonyl (C=O) groups excluding carboxylic acids is 1. The summed E-state index contributed by atoms with van der Waals surface area (Å²) in [6, 6.07) is 28.3. The zero-order chi connectivity index (χ0) is 24.5. The molecule has 0 spiro atoms. The summed E-state index contributed by atoms with van der Waals surface area (Å²) in [5.74, 6) is 0.0560. The lowest BCUT2D eigenvalue weighted by Gasteiger charge is -2.21. The lowest BCUT2D eigenvalue weighted by molar-refractivity contribution is 0.0761. The third kappa shape index (κ3) is 6.58. The predicted octanol–water partition coefficient (Wildman–Crippen LogP) is 7.94. The Balaban J connectivity index is 1.39. The third-order valence-electron chi connectivity index (χ3n) is 6.33. The number of rotatable bonds is 10. The van der Waals surface area contributed by atoms with Crippen LogP contribution in [0.2, 0.25) is 5.02 Å². The van der Waals surface area contributed by atoms with Crippen LogP contribution in [-0.2, 0) is 6.42 Å². The van der Waals surface area contributed by atoms with Crippen molar-refractivity contribution in [1.82, 2.24) is 9.88 Å². The summed E-state index contributed by atoms with van der Waals surface area (Å²) in [6.07, 6.45) is 7.92. The van der Waals surface area contributed by atoms with Crippen LogP contribution in [0.25, 0.3) is 22.3 Å². The Morgan fingerprint density at radius 2 is 1.49 bits per heavy atom. The topological polar surface area (TPSA) is 33.2 Å². The largest absolute Gasteiger partial charge is 0.339 e. The molecule has 4 heteroatoms. The van der Waals surface area contributed by atoms with E-state index in [2.05, 4.69) is 53.5 Å². The quantitative estimate of drug-likeness (QED) is 0.215. The van der Waals surface area contributed by atoms with Gasteiger partial charge < -0.3 is 4.90 Å². The minimum absolute atomic E-state index is 0.0560. The molecular formula is C31H31ClN2O. The van der Waals surface area contributed by atoms with E-state index in [9.17, 15) is 4.79 Å². The number of benzene rings is 3. The molecular weight excluding hydrogens is 452 g/mol. The van der Waals surface area contributed by atoms with Gasteiger partial charge >= 0.3 is 0 Å². The Bertz CT molecular complexity index is 1220. The number of amides is 1. The van der Waals surface area contributed by atoms with Crippen molar-refractivity contribution >= 4 is 17.5 Å². The number of aryl methyl sites for hydroxylation is 1. The Hall–Kier alpha value is -3.43. The van der Waals surface area contributed by atoms with Crippen LogP contribution in [0.1, 0.15) is 42.1 Å². The zero-order valence-electron chi connectivity index (χ0n) is 20.2. The maximum absolute atomic E-state index is 13.3. The van der Waals surface area contributed by atoms with Crippen LogP contribution in [0.4, 0.5) is 0 Å². The summed E-state index contributed by atoms with van der Waals surface area (Å²) in [6.45, 7) is 3.48. The molecule has 1 aromatic heterocycles. The minimum Gasteiger partial charge on any atom is -0.339 e. The zero-order valence-corrected chi connectivity index (χ0v) is 20.9. The summed E-state index contributed by atoms with van der Waals surface area (Å²) in [5.41, 5.74) is 6.20. The summed E-state index contributed by atoms with van der Waals surface area (Å²) in [4.78, 5) is 19.3. The molecule has 0 atom stereocenters. The molecule has 178 valence electrons. The van der Waals surface area contributed by atoms with Gasteiger partial charge in [0.05, 0.1) is 0 Å². The molecule has 0 aliphatic carbocycles. The number of halogens is 1. The van der Waals surface area contributed by atoms with Gasteiger partial charge in [0.1, 0.15) is 0 Å². The van der Waals surface area contributed by atoms with Gasteiger partial charge in [-0.2, -0.15) is 0 Å². The number of nitrogens with zero attached hydrogens (tertiary/aromatic N) is 2. The monoisotopic (exact) mass is 482 g/mol. The Morgan fingerprint density at radius 3 is 2.20 bits per heavy atom. The molecule has 3 nitrogen and oxygen atoms in total. The molecule has 35 heavy (non-hydrogen) atoms. The predicted molar refractivity (Wildman–Crippen MR) is 146 cm³/mol. The lowest BCUT2D eigenvalue weighted by atomic mass is 9.99. The van der Waals surface area contributed by atoms with Crippen molar-refractivity contribution < 1.29 is 4.79 Å². The molecule has 0 fully saturated rings. The highest BCUT2D eigenvalue weighted by Gasteiger charge is 2.16. The molecule has 0 saturated carbocycles. The number of hydrogen-bond acceptors (Lipinski definition) is 2. The Morgan fingerprint density at radius 1 is 0.800 bits per heavy atom. The first-order valence-corrected chi connectivity index (χ1v) is 12.7. The van der Waals surface area contributed by atoms with Crippen molar-refractivity contribution in [3.05, 3.63) is 113 Å². The molecule has 0 unspecified atom stereocenters. The third-order valence-corrected chi connectivity index (χ3v) is 6.66. The first-order chi connectivity index (χ1) is 17.2. The molecule has 0 aliphatic heterocycles.